The highest BCUT2D eigenvalue weighted by atomic mass is 16.3. The average Bonchev–Trinajstić information content (AvgIpc) is 2.77. The van der Waals surface area contributed by atoms with E-state index >= 15 is 0 Å². The summed E-state index contributed by atoms with van der Waals surface area (Å²) in [7, 11) is 3.88. The van der Waals surface area contributed by atoms with E-state index in [1.165, 1.54) is 11.1 Å². The first-order chi connectivity index (χ1) is 15.6. The fraction of sp³-hybridized carbons (Fsp3) is 0.444. The Morgan fingerprint density at radius 3 is 2.31 bits per heavy atom. The Kier molecular flexibility index (Phi) is 7.40. The van der Waals surface area contributed by atoms with E-state index in [0.29, 0.717) is 6.54 Å². The largest absolute Gasteiger partial charge is 0.395 e. The van der Waals surface area contributed by atoms with Crippen LogP contribution >= 0.6 is 0 Å². The summed E-state index contributed by atoms with van der Waals surface area (Å²) in [5, 5.41) is 10.1. The number of hydrogen-bond acceptors (Lipinski definition) is 4. The molecule has 0 aromatic heterocycles. The normalized spacial score (nSPS) is 24.1. The van der Waals surface area contributed by atoms with Gasteiger partial charge in [-0.3, -0.25) is 9.69 Å². The molecule has 0 aliphatic carbocycles. The van der Waals surface area contributed by atoms with Crippen molar-refractivity contribution in [2.45, 2.75) is 30.8 Å². The van der Waals surface area contributed by atoms with Crippen molar-refractivity contribution in [3.8, 4) is 0 Å². The standard InChI is InChI=1S/C27H35N3O2/c1-28(2)19-26(32)29-16-6-7-17-30-24(18-29)27(25(30)20-31)23-14-12-22(13-15-23)11-10-21-8-4-3-5-9-21/h3-5,8-15,24-25,27,31H,6-7,16-20H2,1-2H3/b11-10+/t24-,25+,27-/m1/s1. The second-order valence-electron chi connectivity index (χ2n) is 9.28. The van der Waals surface area contributed by atoms with E-state index < -0.39 is 0 Å². The lowest BCUT2D eigenvalue weighted by molar-refractivity contribution is -0.137. The van der Waals surface area contributed by atoms with E-state index in [4.69, 9.17) is 0 Å². The molecule has 170 valence electrons. The molecule has 2 aliphatic heterocycles. The van der Waals surface area contributed by atoms with Gasteiger partial charge in [-0.1, -0.05) is 66.7 Å². The molecule has 2 fully saturated rings. The third-order valence-corrected chi connectivity index (χ3v) is 6.76. The van der Waals surface area contributed by atoms with Crippen LogP contribution in [0.1, 0.15) is 35.4 Å². The van der Waals surface area contributed by atoms with Crippen molar-refractivity contribution in [2.24, 2.45) is 0 Å². The van der Waals surface area contributed by atoms with Crippen LogP contribution in [-0.4, -0.2) is 84.7 Å². The number of rotatable bonds is 6. The molecule has 1 amide bonds. The minimum absolute atomic E-state index is 0.134. The molecule has 2 aromatic carbocycles. The molecule has 5 nitrogen and oxygen atoms in total. The van der Waals surface area contributed by atoms with E-state index in [-0.39, 0.29) is 30.5 Å². The molecule has 3 atom stereocenters. The zero-order valence-corrected chi connectivity index (χ0v) is 19.2. The molecule has 1 N–H and O–H groups in total. The fourth-order valence-corrected chi connectivity index (χ4v) is 5.12. The highest BCUT2D eigenvalue weighted by Crippen LogP contribution is 2.42. The summed E-state index contributed by atoms with van der Waals surface area (Å²) >= 11 is 0. The molecule has 0 radical (unpaired) electrons. The third kappa shape index (κ3) is 5.12. The van der Waals surface area contributed by atoms with Gasteiger partial charge >= 0.3 is 0 Å². The van der Waals surface area contributed by atoms with Gasteiger partial charge in [0.1, 0.15) is 0 Å². The number of fused-ring (bicyclic) bond motifs is 1. The maximum Gasteiger partial charge on any atom is 0.236 e. The molecule has 2 aliphatic rings. The Bertz CT molecular complexity index is 910. The maximum absolute atomic E-state index is 12.8. The SMILES string of the molecule is CN(C)CC(=O)N1CCCCN2[C@H](C1)[C@@H](c1ccc(/C=C/c3ccccc3)cc1)[C@@H]2CO. The predicted molar refractivity (Wildman–Crippen MR) is 130 cm³/mol. The molecule has 4 rings (SSSR count). The lowest BCUT2D eigenvalue weighted by atomic mass is 9.74. The Morgan fingerprint density at radius 1 is 1.00 bits per heavy atom. The molecule has 32 heavy (non-hydrogen) atoms. The number of carbonyl (C=O) groups excluding carboxylic acids is 1. The topological polar surface area (TPSA) is 47.0 Å². The van der Waals surface area contributed by atoms with Crippen LogP contribution < -0.4 is 0 Å². The van der Waals surface area contributed by atoms with Gasteiger partial charge < -0.3 is 14.9 Å². The van der Waals surface area contributed by atoms with E-state index in [9.17, 15) is 9.90 Å². The minimum atomic E-state index is 0.134. The molecule has 2 saturated heterocycles. The summed E-state index contributed by atoms with van der Waals surface area (Å²) in [6, 6.07) is 19.4. The number of aliphatic hydroxyl groups is 1. The van der Waals surface area contributed by atoms with E-state index in [2.05, 4.69) is 53.5 Å². The first-order valence-corrected chi connectivity index (χ1v) is 11.7. The quantitative estimate of drug-likeness (QED) is 0.711. The van der Waals surface area contributed by atoms with Crippen LogP contribution in [-0.2, 0) is 4.79 Å². The molecule has 0 spiro atoms. The summed E-state index contributed by atoms with van der Waals surface area (Å²) < 4.78 is 0. The smallest absolute Gasteiger partial charge is 0.236 e. The minimum Gasteiger partial charge on any atom is -0.395 e. The van der Waals surface area contributed by atoms with Crippen molar-refractivity contribution >= 4 is 18.1 Å². The summed E-state index contributed by atoms with van der Waals surface area (Å²) in [4.78, 5) is 19.2. The molecule has 0 saturated carbocycles. The number of carbonyl (C=O) groups is 1. The summed E-state index contributed by atoms with van der Waals surface area (Å²) in [5.74, 6) is 0.448. The van der Waals surface area contributed by atoms with Gasteiger partial charge in [-0.2, -0.15) is 0 Å². The molecule has 0 unspecified atom stereocenters. The van der Waals surface area contributed by atoms with Crippen LogP contribution in [0, 0.1) is 0 Å². The molecule has 2 heterocycles. The van der Waals surface area contributed by atoms with Crippen LogP contribution in [0.25, 0.3) is 12.2 Å². The van der Waals surface area contributed by atoms with Gasteiger partial charge in [0, 0.05) is 31.1 Å². The van der Waals surface area contributed by atoms with Gasteiger partial charge in [0.05, 0.1) is 13.2 Å². The molecular formula is C27H35N3O2. The first-order valence-electron chi connectivity index (χ1n) is 11.7. The van der Waals surface area contributed by atoms with Gasteiger partial charge in [-0.15, -0.1) is 0 Å². The second-order valence-corrected chi connectivity index (χ2v) is 9.28. The van der Waals surface area contributed by atoms with Crippen molar-refractivity contribution in [2.75, 3.05) is 46.9 Å². The third-order valence-electron chi connectivity index (χ3n) is 6.76. The summed E-state index contributed by atoms with van der Waals surface area (Å²) in [6.07, 6.45) is 6.34. The predicted octanol–water partition coefficient (Wildman–Crippen LogP) is 3.17. The molecule has 0 bridgehead atoms. The lowest BCUT2D eigenvalue weighted by Gasteiger charge is -2.57. The number of benzene rings is 2. The van der Waals surface area contributed by atoms with Crippen LogP contribution in [0.3, 0.4) is 0 Å². The summed E-state index contributed by atoms with van der Waals surface area (Å²) in [6.45, 7) is 3.17. The van der Waals surface area contributed by atoms with Crippen molar-refractivity contribution in [1.82, 2.24) is 14.7 Å². The Labute approximate surface area is 191 Å². The van der Waals surface area contributed by atoms with Gasteiger partial charge in [0.15, 0.2) is 0 Å². The Hall–Kier alpha value is -2.47. The van der Waals surface area contributed by atoms with Gasteiger partial charge in [0.2, 0.25) is 5.91 Å². The van der Waals surface area contributed by atoms with Crippen LogP contribution in [0.4, 0.5) is 0 Å². The van der Waals surface area contributed by atoms with Gasteiger partial charge in [-0.05, 0) is 50.2 Å². The van der Waals surface area contributed by atoms with Crippen LogP contribution in [0.15, 0.2) is 54.6 Å². The van der Waals surface area contributed by atoms with Gasteiger partial charge in [-0.25, -0.2) is 0 Å². The van der Waals surface area contributed by atoms with E-state index in [1.807, 2.05) is 42.1 Å². The zero-order valence-electron chi connectivity index (χ0n) is 19.2. The monoisotopic (exact) mass is 433 g/mol. The molecule has 2 aromatic rings. The first kappa shape index (κ1) is 22.7. The number of amides is 1. The lowest BCUT2D eigenvalue weighted by Crippen LogP contribution is -2.68. The van der Waals surface area contributed by atoms with Gasteiger partial charge in [0.25, 0.3) is 0 Å². The molecule has 5 heteroatoms. The van der Waals surface area contributed by atoms with Crippen molar-refractivity contribution in [1.29, 1.82) is 0 Å². The maximum atomic E-state index is 12.8. The Balaban J connectivity index is 1.49. The highest BCUT2D eigenvalue weighted by Gasteiger charge is 2.49. The Morgan fingerprint density at radius 2 is 1.66 bits per heavy atom. The van der Waals surface area contributed by atoms with Crippen LogP contribution in [0.2, 0.25) is 0 Å². The second kappa shape index (κ2) is 10.4. The number of nitrogens with zero attached hydrogens (tertiary/aromatic N) is 3. The van der Waals surface area contributed by atoms with Crippen molar-refractivity contribution in [3.63, 3.8) is 0 Å². The van der Waals surface area contributed by atoms with Crippen LogP contribution in [0.5, 0.6) is 0 Å². The van der Waals surface area contributed by atoms with E-state index in [1.54, 1.807) is 0 Å². The number of likely N-dealkylation sites (N-methyl/N-ethyl adjacent to an activating group) is 1. The van der Waals surface area contributed by atoms with Crippen molar-refractivity contribution in [3.05, 3.63) is 71.3 Å². The number of aliphatic hydroxyl groups excluding tert-OH is 1. The number of hydrogen-bond donors (Lipinski definition) is 1. The average molecular weight is 434 g/mol. The van der Waals surface area contributed by atoms with E-state index in [0.717, 1.165) is 38.0 Å². The highest BCUT2D eigenvalue weighted by molar-refractivity contribution is 5.78. The fourth-order valence-electron chi connectivity index (χ4n) is 5.12. The zero-order chi connectivity index (χ0) is 22.5. The van der Waals surface area contributed by atoms with Crippen molar-refractivity contribution < 1.29 is 9.90 Å². The summed E-state index contributed by atoms with van der Waals surface area (Å²) in [5.41, 5.74) is 3.60. The molecular weight excluding hydrogens is 398 g/mol.